The van der Waals surface area contributed by atoms with Gasteiger partial charge in [0.1, 0.15) is 5.82 Å². The first-order valence-corrected chi connectivity index (χ1v) is 8.91. The van der Waals surface area contributed by atoms with E-state index in [1.165, 1.54) is 18.2 Å². The molecule has 0 saturated heterocycles. The maximum absolute atomic E-state index is 13.3. The van der Waals surface area contributed by atoms with Crippen molar-refractivity contribution in [2.24, 2.45) is 0 Å². The topological polar surface area (TPSA) is 71.1 Å². The van der Waals surface area contributed by atoms with Crippen molar-refractivity contribution >= 4 is 17.5 Å². The second-order valence-electron chi connectivity index (χ2n) is 6.30. The number of hydrogen-bond donors (Lipinski definition) is 2. The lowest BCUT2D eigenvalue weighted by Gasteiger charge is -2.09. The predicted molar refractivity (Wildman–Crippen MR) is 105 cm³/mol. The highest BCUT2D eigenvalue weighted by Crippen LogP contribution is 2.13. The average molecular weight is 377 g/mol. The van der Waals surface area contributed by atoms with Crippen molar-refractivity contribution in [2.75, 3.05) is 5.32 Å². The van der Waals surface area contributed by atoms with Crippen molar-refractivity contribution in [3.8, 4) is 0 Å². The van der Waals surface area contributed by atoms with Crippen LogP contribution in [0.25, 0.3) is 0 Å². The van der Waals surface area contributed by atoms with Crippen LogP contribution in [0, 0.1) is 5.82 Å². The Morgan fingerprint density at radius 2 is 1.79 bits per heavy atom. The summed E-state index contributed by atoms with van der Waals surface area (Å²) < 4.78 is 13.3. The van der Waals surface area contributed by atoms with Crippen molar-refractivity contribution < 1.29 is 14.0 Å². The molecule has 0 spiro atoms. The van der Waals surface area contributed by atoms with Gasteiger partial charge in [0.2, 0.25) is 5.91 Å². The Balaban J connectivity index is 1.51. The molecule has 0 unspecified atom stereocenters. The first kappa shape index (κ1) is 19.2. The monoisotopic (exact) mass is 377 g/mol. The van der Waals surface area contributed by atoms with Crippen LogP contribution in [-0.4, -0.2) is 16.8 Å². The van der Waals surface area contributed by atoms with E-state index in [9.17, 15) is 14.0 Å². The molecule has 2 aromatic carbocycles. The Morgan fingerprint density at radius 3 is 2.57 bits per heavy atom. The molecule has 6 heteroatoms. The zero-order valence-corrected chi connectivity index (χ0v) is 15.2. The number of benzene rings is 2. The van der Waals surface area contributed by atoms with Gasteiger partial charge in [-0.1, -0.05) is 24.3 Å². The summed E-state index contributed by atoms with van der Waals surface area (Å²) in [7, 11) is 0. The largest absolute Gasteiger partial charge is 0.352 e. The highest BCUT2D eigenvalue weighted by molar-refractivity contribution is 6.04. The number of hydrogen-bond acceptors (Lipinski definition) is 3. The van der Waals surface area contributed by atoms with Crippen molar-refractivity contribution in [1.29, 1.82) is 0 Å². The molecular formula is C22H20FN3O2. The van der Waals surface area contributed by atoms with Gasteiger partial charge in [-0.2, -0.15) is 0 Å². The van der Waals surface area contributed by atoms with E-state index < -0.39 is 11.7 Å². The summed E-state index contributed by atoms with van der Waals surface area (Å²) in [6.07, 6.45) is 4.45. The van der Waals surface area contributed by atoms with Crippen LogP contribution in [0.4, 0.5) is 10.1 Å². The lowest BCUT2D eigenvalue weighted by Crippen LogP contribution is -2.23. The third kappa shape index (κ3) is 5.74. The van der Waals surface area contributed by atoms with Crippen LogP contribution in [0.5, 0.6) is 0 Å². The van der Waals surface area contributed by atoms with E-state index in [4.69, 9.17) is 0 Å². The second-order valence-corrected chi connectivity index (χ2v) is 6.30. The van der Waals surface area contributed by atoms with Crippen LogP contribution in [-0.2, 0) is 17.8 Å². The molecule has 0 fully saturated rings. The molecule has 0 aliphatic heterocycles. The third-order valence-electron chi connectivity index (χ3n) is 4.12. The first-order valence-electron chi connectivity index (χ1n) is 8.91. The van der Waals surface area contributed by atoms with Gasteiger partial charge in [0.05, 0.1) is 0 Å². The van der Waals surface area contributed by atoms with E-state index >= 15 is 0 Å². The normalized spacial score (nSPS) is 10.3. The molecule has 0 aliphatic carbocycles. The van der Waals surface area contributed by atoms with E-state index in [1.54, 1.807) is 36.7 Å². The third-order valence-corrected chi connectivity index (χ3v) is 4.12. The van der Waals surface area contributed by atoms with Gasteiger partial charge in [-0.05, 0) is 53.9 Å². The molecule has 2 N–H and O–H groups in total. The fourth-order valence-corrected chi connectivity index (χ4v) is 2.68. The minimum Gasteiger partial charge on any atom is -0.352 e. The molecule has 0 atom stereocenters. The van der Waals surface area contributed by atoms with Gasteiger partial charge < -0.3 is 10.6 Å². The molecule has 0 bridgehead atoms. The SMILES string of the molecule is O=C(CCc1cccnc1)NCc1cccc(NC(=O)c2cccc(F)c2)c1. The second kappa shape index (κ2) is 9.41. The Morgan fingerprint density at radius 1 is 0.964 bits per heavy atom. The van der Waals surface area contributed by atoms with Crippen molar-refractivity contribution in [1.82, 2.24) is 10.3 Å². The number of pyridine rings is 1. The molecular weight excluding hydrogens is 357 g/mol. The number of nitrogens with zero attached hydrogens (tertiary/aromatic N) is 1. The van der Waals surface area contributed by atoms with Gasteiger partial charge in [-0.3, -0.25) is 14.6 Å². The predicted octanol–water partition coefficient (Wildman–Crippen LogP) is 3.72. The number of carbonyl (C=O) groups is 2. The molecule has 5 nitrogen and oxygen atoms in total. The van der Waals surface area contributed by atoms with Crippen LogP contribution in [0.15, 0.2) is 73.1 Å². The van der Waals surface area contributed by atoms with Gasteiger partial charge >= 0.3 is 0 Å². The van der Waals surface area contributed by atoms with E-state index in [2.05, 4.69) is 15.6 Å². The molecule has 1 aromatic heterocycles. The number of anilines is 1. The number of aromatic nitrogens is 1. The van der Waals surface area contributed by atoms with Crippen molar-refractivity contribution in [3.63, 3.8) is 0 Å². The molecule has 28 heavy (non-hydrogen) atoms. The Kier molecular flexibility index (Phi) is 6.46. The minimum atomic E-state index is -0.463. The van der Waals surface area contributed by atoms with Crippen LogP contribution >= 0.6 is 0 Å². The van der Waals surface area contributed by atoms with Gasteiger partial charge in [-0.15, -0.1) is 0 Å². The van der Waals surface area contributed by atoms with Crippen molar-refractivity contribution in [2.45, 2.75) is 19.4 Å². The standard InChI is InChI=1S/C22H20FN3O2/c23-19-7-2-6-18(13-19)22(28)26-20-8-1-4-17(12-20)15-25-21(27)10-9-16-5-3-11-24-14-16/h1-8,11-14H,9-10,15H2,(H,25,27)(H,26,28). The number of carbonyl (C=O) groups excluding carboxylic acids is 2. The molecule has 3 aromatic rings. The summed E-state index contributed by atoms with van der Waals surface area (Å²) in [4.78, 5) is 28.3. The summed E-state index contributed by atoms with van der Waals surface area (Å²) in [5.41, 5.74) is 2.69. The average Bonchev–Trinajstić information content (AvgIpc) is 2.72. The van der Waals surface area contributed by atoms with Gasteiger partial charge in [0.15, 0.2) is 0 Å². The van der Waals surface area contributed by atoms with E-state index in [1.807, 2.05) is 18.2 Å². The maximum atomic E-state index is 13.3. The molecule has 142 valence electrons. The molecule has 0 radical (unpaired) electrons. The maximum Gasteiger partial charge on any atom is 0.255 e. The fraction of sp³-hybridized carbons (Fsp3) is 0.136. The van der Waals surface area contributed by atoms with Crippen LogP contribution in [0.1, 0.15) is 27.9 Å². The van der Waals surface area contributed by atoms with Crippen LogP contribution in [0.2, 0.25) is 0 Å². The smallest absolute Gasteiger partial charge is 0.255 e. The lowest BCUT2D eigenvalue weighted by molar-refractivity contribution is -0.121. The number of amides is 2. The van der Waals surface area contributed by atoms with Gasteiger partial charge in [0.25, 0.3) is 5.91 Å². The van der Waals surface area contributed by atoms with Gasteiger partial charge in [-0.25, -0.2) is 4.39 Å². The van der Waals surface area contributed by atoms with Crippen LogP contribution in [0.3, 0.4) is 0 Å². The lowest BCUT2D eigenvalue weighted by atomic mass is 10.1. The number of halogens is 1. The van der Waals surface area contributed by atoms with Gasteiger partial charge in [0, 0.05) is 36.6 Å². The zero-order valence-electron chi connectivity index (χ0n) is 15.2. The quantitative estimate of drug-likeness (QED) is 0.659. The first-order chi connectivity index (χ1) is 13.6. The number of nitrogens with one attached hydrogen (secondary N) is 2. The van der Waals surface area contributed by atoms with Crippen LogP contribution < -0.4 is 10.6 Å². The Labute approximate surface area is 162 Å². The summed E-state index contributed by atoms with van der Waals surface area (Å²) in [5.74, 6) is -0.911. The molecule has 2 amide bonds. The highest BCUT2D eigenvalue weighted by Gasteiger charge is 2.08. The Hall–Kier alpha value is -3.54. The summed E-state index contributed by atoms with van der Waals surface area (Å²) in [6, 6.07) is 16.4. The zero-order chi connectivity index (χ0) is 19.8. The minimum absolute atomic E-state index is 0.0574. The number of aryl methyl sites for hydroxylation is 1. The van der Waals surface area contributed by atoms with E-state index in [-0.39, 0.29) is 11.5 Å². The summed E-state index contributed by atoms with van der Waals surface area (Å²) >= 11 is 0. The molecule has 0 saturated carbocycles. The molecule has 3 rings (SSSR count). The van der Waals surface area contributed by atoms with Crippen molar-refractivity contribution in [3.05, 3.63) is 95.6 Å². The Bertz CT molecular complexity index is 961. The molecule has 0 aliphatic rings. The summed E-state index contributed by atoms with van der Waals surface area (Å²) in [6.45, 7) is 0.357. The molecule has 1 heterocycles. The summed E-state index contributed by atoms with van der Waals surface area (Å²) in [5, 5.41) is 5.60. The van der Waals surface area contributed by atoms with E-state index in [0.29, 0.717) is 25.1 Å². The highest BCUT2D eigenvalue weighted by atomic mass is 19.1. The number of rotatable bonds is 7. The fourth-order valence-electron chi connectivity index (χ4n) is 2.68. The van der Waals surface area contributed by atoms with E-state index in [0.717, 1.165) is 11.1 Å².